The van der Waals surface area contributed by atoms with Crippen LogP contribution in [0.4, 0.5) is 0 Å². The number of aryl methyl sites for hydroxylation is 2. The summed E-state index contributed by atoms with van der Waals surface area (Å²) in [6.45, 7) is 5.63. The first kappa shape index (κ1) is 9.45. The van der Waals surface area contributed by atoms with Crippen LogP contribution in [-0.4, -0.2) is 15.1 Å². The van der Waals surface area contributed by atoms with Crippen molar-refractivity contribution < 1.29 is 8.73 Å². The van der Waals surface area contributed by atoms with E-state index in [0.717, 1.165) is 17.0 Å². The van der Waals surface area contributed by atoms with E-state index in [0.29, 0.717) is 11.5 Å². The van der Waals surface area contributed by atoms with E-state index in [1.807, 2.05) is 20.8 Å². The molecule has 0 saturated heterocycles. The average Bonchev–Trinajstić information content (AvgIpc) is 2.35. The molecule has 0 saturated carbocycles. The monoisotopic (exact) mass is 187 g/mol. The van der Waals surface area contributed by atoms with Crippen LogP contribution in [0.2, 0.25) is 0 Å². The van der Waals surface area contributed by atoms with Gasteiger partial charge in [-0.3, -0.25) is 4.21 Å². The van der Waals surface area contributed by atoms with Crippen LogP contribution in [-0.2, 0) is 16.6 Å². The van der Waals surface area contributed by atoms with Crippen LogP contribution in [0.25, 0.3) is 0 Å². The number of hydrogen-bond acceptors (Lipinski definition) is 3. The van der Waals surface area contributed by atoms with Crippen molar-refractivity contribution in [3.8, 4) is 0 Å². The van der Waals surface area contributed by atoms with Gasteiger partial charge in [-0.15, -0.1) is 0 Å². The predicted molar refractivity (Wildman–Crippen MR) is 48.4 cm³/mol. The summed E-state index contributed by atoms with van der Waals surface area (Å²) < 4.78 is 16.2. The maximum absolute atomic E-state index is 11.2. The molecular formula is C8H13NO2S. The molecule has 1 rings (SSSR count). The van der Waals surface area contributed by atoms with E-state index in [9.17, 15) is 4.21 Å². The Kier molecular flexibility index (Phi) is 3.03. The molecule has 1 heterocycles. The van der Waals surface area contributed by atoms with Crippen molar-refractivity contribution in [1.29, 1.82) is 0 Å². The lowest BCUT2D eigenvalue weighted by molar-refractivity contribution is 0.392. The molecule has 4 heteroatoms. The first-order chi connectivity index (χ1) is 5.65. The average molecular weight is 187 g/mol. The summed E-state index contributed by atoms with van der Waals surface area (Å²) >= 11 is 0. The van der Waals surface area contributed by atoms with Gasteiger partial charge < -0.3 is 4.52 Å². The highest BCUT2D eigenvalue weighted by atomic mass is 32.2. The van der Waals surface area contributed by atoms with Crippen molar-refractivity contribution in [2.45, 2.75) is 26.5 Å². The quantitative estimate of drug-likeness (QED) is 0.721. The van der Waals surface area contributed by atoms with Crippen molar-refractivity contribution in [2.75, 3.05) is 5.75 Å². The summed E-state index contributed by atoms with van der Waals surface area (Å²) in [5.74, 6) is 2.04. The van der Waals surface area contributed by atoms with Crippen molar-refractivity contribution in [3.05, 3.63) is 17.0 Å². The molecule has 0 aliphatic heterocycles. The van der Waals surface area contributed by atoms with Crippen LogP contribution in [0, 0.1) is 13.8 Å². The summed E-state index contributed by atoms with van der Waals surface area (Å²) in [7, 11) is -0.777. The van der Waals surface area contributed by atoms with E-state index in [4.69, 9.17) is 4.52 Å². The molecule has 1 atom stereocenters. The van der Waals surface area contributed by atoms with Gasteiger partial charge in [-0.1, -0.05) is 12.1 Å². The molecule has 1 unspecified atom stereocenters. The largest absolute Gasteiger partial charge is 0.361 e. The van der Waals surface area contributed by atoms with E-state index in [-0.39, 0.29) is 0 Å². The Morgan fingerprint density at radius 2 is 2.17 bits per heavy atom. The Hall–Kier alpha value is -0.640. The van der Waals surface area contributed by atoms with E-state index < -0.39 is 10.8 Å². The molecule has 0 amide bonds. The normalized spacial score (nSPS) is 13.2. The highest BCUT2D eigenvalue weighted by Gasteiger charge is 2.10. The maximum Gasteiger partial charge on any atom is 0.138 e. The molecule has 1 aromatic rings. The summed E-state index contributed by atoms with van der Waals surface area (Å²) in [5, 5.41) is 3.79. The first-order valence-electron chi connectivity index (χ1n) is 3.91. The van der Waals surface area contributed by atoms with Gasteiger partial charge in [0.15, 0.2) is 0 Å². The molecule has 68 valence electrons. The zero-order chi connectivity index (χ0) is 9.14. The number of nitrogens with zero attached hydrogens (tertiary/aromatic N) is 1. The number of rotatable bonds is 3. The van der Waals surface area contributed by atoms with Crippen molar-refractivity contribution >= 4 is 10.8 Å². The highest BCUT2D eigenvalue weighted by Crippen LogP contribution is 2.14. The van der Waals surface area contributed by atoms with E-state index in [1.165, 1.54) is 0 Å². The molecule has 3 nitrogen and oxygen atoms in total. The minimum absolute atomic E-state index is 0.567. The topological polar surface area (TPSA) is 43.1 Å². The van der Waals surface area contributed by atoms with Crippen LogP contribution in [0.5, 0.6) is 0 Å². The van der Waals surface area contributed by atoms with Gasteiger partial charge in [0.2, 0.25) is 0 Å². The smallest absolute Gasteiger partial charge is 0.138 e. The fraction of sp³-hybridized carbons (Fsp3) is 0.625. The predicted octanol–water partition coefficient (Wildman–Crippen LogP) is 1.56. The SMILES string of the molecule is CCS(=O)Cc1c(C)noc1C. The van der Waals surface area contributed by atoms with Crippen LogP contribution < -0.4 is 0 Å². The molecule has 0 aromatic carbocycles. The van der Waals surface area contributed by atoms with Gasteiger partial charge in [-0.2, -0.15) is 0 Å². The Balaban J connectivity index is 2.80. The van der Waals surface area contributed by atoms with Crippen molar-refractivity contribution in [3.63, 3.8) is 0 Å². The Bertz CT molecular complexity index is 274. The fourth-order valence-electron chi connectivity index (χ4n) is 0.971. The second-order valence-electron chi connectivity index (χ2n) is 2.68. The summed E-state index contributed by atoms with van der Waals surface area (Å²) in [5.41, 5.74) is 1.85. The third-order valence-electron chi connectivity index (χ3n) is 1.81. The Morgan fingerprint density at radius 3 is 2.58 bits per heavy atom. The summed E-state index contributed by atoms with van der Waals surface area (Å²) in [6.07, 6.45) is 0. The third-order valence-corrected chi connectivity index (χ3v) is 3.06. The molecule has 0 aliphatic carbocycles. The summed E-state index contributed by atoms with van der Waals surface area (Å²) in [4.78, 5) is 0. The lowest BCUT2D eigenvalue weighted by atomic mass is 10.2. The molecule has 0 radical (unpaired) electrons. The van der Waals surface area contributed by atoms with Crippen LogP contribution >= 0.6 is 0 Å². The first-order valence-corrected chi connectivity index (χ1v) is 5.40. The van der Waals surface area contributed by atoms with Crippen molar-refractivity contribution in [1.82, 2.24) is 5.16 Å². The Morgan fingerprint density at radius 1 is 1.50 bits per heavy atom. The van der Waals surface area contributed by atoms with Gasteiger partial charge in [0, 0.05) is 22.1 Å². The Labute approximate surface area is 74.6 Å². The van der Waals surface area contributed by atoms with Gasteiger partial charge in [-0.05, 0) is 13.8 Å². The second-order valence-corrected chi connectivity index (χ2v) is 4.42. The molecule has 12 heavy (non-hydrogen) atoms. The maximum atomic E-state index is 11.2. The zero-order valence-corrected chi connectivity index (χ0v) is 8.40. The minimum Gasteiger partial charge on any atom is -0.361 e. The van der Waals surface area contributed by atoms with Crippen LogP contribution in [0.3, 0.4) is 0 Å². The zero-order valence-electron chi connectivity index (χ0n) is 7.59. The molecule has 0 fully saturated rings. The van der Waals surface area contributed by atoms with E-state index >= 15 is 0 Å². The molecular weight excluding hydrogens is 174 g/mol. The van der Waals surface area contributed by atoms with Crippen LogP contribution in [0.1, 0.15) is 23.9 Å². The van der Waals surface area contributed by atoms with Gasteiger partial charge in [-0.25, -0.2) is 0 Å². The molecule has 1 aromatic heterocycles. The second kappa shape index (κ2) is 3.85. The van der Waals surface area contributed by atoms with E-state index in [1.54, 1.807) is 0 Å². The van der Waals surface area contributed by atoms with Gasteiger partial charge in [0.05, 0.1) is 11.4 Å². The fourth-order valence-corrected chi connectivity index (χ4v) is 1.91. The number of hydrogen-bond donors (Lipinski definition) is 0. The lowest BCUT2D eigenvalue weighted by Gasteiger charge is -1.96. The van der Waals surface area contributed by atoms with E-state index in [2.05, 4.69) is 5.16 Å². The van der Waals surface area contributed by atoms with Gasteiger partial charge in [0.1, 0.15) is 5.76 Å². The number of aromatic nitrogens is 1. The summed E-state index contributed by atoms with van der Waals surface area (Å²) in [6, 6.07) is 0. The molecule has 0 bridgehead atoms. The third kappa shape index (κ3) is 1.94. The van der Waals surface area contributed by atoms with Crippen molar-refractivity contribution in [2.24, 2.45) is 0 Å². The molecule has 0 N–H and O–H groups in total. The lowest BCUT2D eigenvalue weighted by Crippen LogP contribution is -1.99. The van der Waals surface area contributed by atoms with Gasteiger partial charge in [0.25, 0.3) is 0 Å². The van der Waals surface area contributed by atoms with Gasteiger partial charge >= 0.3 is 0 Å². The highest BCUT2D eigenvalue weighted by molar-refractivity contribution is 7.84. The standard InChI is InChI=1S/C8H13NO2S/c1-4-12(10)5-8-6(2)9-11-7(8)3/h4-5H2,1-3H3. The molecule has 0 spiro atoms. The van der Waals surface area contributed by atoms with Crippen LogP contribution in [0.15, 0.2) is 4.52 Å². The minimum atomic E-state index is -0.777. The molecule has 0 aliphatic rings.